The molecular weight excluding hydrogens is 292 g/mol. The number of carbonyl (C=O) groups excluding carboxylic acids is 1. The van der Waals surface area contributed by atoms with Crippen LogP contribution in [-0.2, 0) is 4.74 Å². The summed E-state index contributed by atoms with van der Waals surface area (Å²) in [6.07, 6.45) is 0.667. The molecule has 1 amide bonds. The van der Waals surface area contributed by atoms with Crippen LogP contribution in [0.15, 0.2) is 24.3 Å². The molecule has 1 aromatic carbocycles. The highest BCUT2D eigenvalue weighted by atomic mass is 16.5. The van der Waals surface area contributed by atoms with Crippen LogP contribution in [0.3, 0.4) is 0 Å². The van der Waals surface area contributed by atoms with Gasteiger partial charge in [0.25, 0.3) is 5.91 Å². The van der Waals surface area contributed by atoms with Gasteiger partial charge in [0.05, 0.1) is 19.3 Å². The minimum atomic E-state index is -0.178. The highest BCUT2D eigenvalue weighted by Gasteiger charge is 2.27. The fraction of sp³-hybridized carbons (Fsp3) is 0.500. The summed E-state index contributed by atoms with van der Waals surface area (Å²) in [5.74, 6) is 0.375. The number of amides is 1. The normalized spacial score (nSPS) is 19.3. The van der Waals surface area contributed by atoms with E-state index in [4.69, 9.17) is 4.74 Å². The zero-order valence-corrected chi connectivity index (χ0v) is 13.7. The van der Waals surface area contributed by atoms with Crippen LogP contribution in [0.4, 0.5) is 0 Å². The summed E-state index contributed by atoms with van der Waals surface area (Å²) in [7, 11) is 0. The first kappa shape index (κ1) is 16.0. The van der Waals surface area contributed by atoms with Crippen LogP contribution in [0.2, 0.25) is 0 Å². The standard InChI is InChI=1S/C18H24N2O3/c1-12(2)13-3-4-14-10-17(19-16(14)9-13)18(22)20-6-8-23-7-5-15(20)11-21/h3-4,9-10,12,15,19,21H,5-8,11H2,1-2H3. The zero-order valence-electron chi connectivity index (χ0n) is 13.7. The summed E-state index contributed by atoms with van der Waals surface area (Å²) in [5.41, 5.74) is 2.79. The third-order valence-corrected chi connectivity index (χ3v) is 4.53. The minimum Gasteiger partial charge on any atom is -0.394 e. The van der Waals surface area contributed by atoms with Crippen molar-refractivity contribution in [3.05, 3.63) is 35.5 Å². The molecule has 2 N–H and O–H groups in total. The molecule has 1 atom stereocenters. The lowest BCUT2D eigenvalue weighted by molar-refractivity contribution is 0.0596. The van der Waals surface area contributed by atoms with Gasteiger partial charge in [-0.05, 0) is 30.0 Å². The molecule has 23 heavy (non-hydrogen) atoms. The molecule has 5 heteroatoms. The van der Waals surface area contributed by atoms with Gasteiger partial charge in [-0.3, -0.25) is 4.79 Å². The monoisotopic (exact) mass is 316 g/mol. The van der Waals surface area contributed by atoms with E-state index in [1.807, 2.05) is 12.1 Å². The molecule has 0 spiro atoms. The topological polar surface area (TPSA) is 65.6 Å². The fourth-order valence-electron chi connectivity index (χ4n) is 3.05. The predicted molar refractivity (Wildman–Crippen MR) is 89.7 cm³/mol. The Morgan fingerprint density at radius 3 is 2.96 bits per heavy atom. The molecule has 1 unspecified atom stereocenters. The SMILES string of the molecule is CC(C)c1ccc2cc(C(=O)N3CCOCCC3CO)[nH]c2c1. The molecule has 1 aromatic heterocycles. The molecule has 2 heterocycles. The lowest BCUT2D eigenvalue weighted by Crippen LogP contribution is -2.43. The number of nitrogens with one attached hydrogen (secondary N) is 1. The molecule has 1 aliphatic rings. The van der Waals surface area contributed by atoms with Gasteiger partial charge in [-0.15, -0.1) is 0 Å². The second-order valence-electron chi connectivity index (χ2n) is 6.42. The second-order valence-corrected chi connectivity index (χ2v) is 6.42. The first-order valence-electron chi connectivity index (χ1n) is 8.22. The maximum atomic E-state index is 12.8. The molecule has 2 aromatic rings. The molecule has 3 rings (SSSR count). The summed E-state index contributed by atoms with van der Waals surface area (Å²) in [6, 6.07) is 7.97. The van der Waals surface area contributed by atoms with Crippen LogP contribution >= 0.6 is 0 Å². The summed E-state index contributed by atoms with van der Waals surface area (Å²) in [5, 5.41) is 10.6. The number of hydrogen-bond donors (Lipinski definition) is 2. The van der Waals surface area contributed by atoms with Crippen LogP contribution < -0.4 is 0 Å². The number of aliphatic hydroxyl groups excluding tert-OH is 1. The smallest absolute Gasteiger partial charge is 0.270 e. The Morgan fingerprint density at radius 2 is 2.22 bits per heavy atom. The minimum absolute atomic E-state index is 0.0349. The molecule has 1 saturated heterocycles. The highest BCUT2D eigenvalue weighted by molar-refractivity contribution is 5.98. The molecule has 0 bridgehead atoms. The van der Waals surface area contributed by atoms with E-state index in [0.29, 0.717) is 37.8 Å². The Kier molecular flexibility index (Phi) is 4.68. The molecule has 124 valence electrons. The van der Waals surface area contributed by atoms with Crippen molar-refractivity contribution in [2.75, 3.05) is 26.4 Å². The van der Waals surface area contributed by atoms with Crippen molar-refractivity contribution in [2.45, 2.75) is 32.2 Å². The summed E-state index contributed by atoms with van der Waals surface area (Å²) in [4.78, 5) is 17.8. The van der Waals surface area contributed by atoms with Gasteiger partial charge >= 0.3 is 0 Å². The van der Waals surface area contributed by atoms with Crippen LogP contribution in [0.5, 0.6) is 0 Å². The van der Waals surface area contributed by atoms with Gasteiger partial charge < -0.3 is 19.7 Å². The van der Waals surface area contributed by atoms with Crippen molar-refractivity contribution < 1.29 is 14.6 Å². The predicted octanol–water partition coefficient (Wildman–Crippen LogP) is 2.51. The van der Waals surface area contributed by atoms with Gasteiger partial charge in [0, 0.05) is 24.1 Å². The third kappa shape index (κ3) is 3.26. The number of aliphatic hydroxyl groups is 1. The van der Waals surface area contributed by atoms with Crippen molar-refractivity contribution in [1.29, 1.82) is 0 Å². The first-order valence-corrected chi connectivity index (χ1v) is 8.22. The molecule has 0 aliphatic carbocycles. The third-order valence-electron chi connectivity index (χ3n) is 4.53. The van der Waals surface area contributed by atoms with E-state index in [9.17, 15) is 9.90 Å². The van der Waals surface area contributed by atoms with E-state index < -0.39 is 0 Å². The van der Waals surface area contributed by atoms with Crippen LogP contribution in [0.1, 0.15) is 42.2 Å². The average molecular weight is 316 g/mol. The lowest BCUT2D eigenvalue weighted by atomic mass is 10.0. The maximum Gasteiger partial charge on any atom is 0.270 e. The number of aromatic amines is 1. The van der Waals surface area contributed by atoms with Gasteiger partial charge in [0.2, 0.25) is 0 Å². The fourth-order valence-corrected chi connectivity index (χ4v) is 3.05. The van der Waals surface area contributed by atoms with Crippen molar-refractivity contribution in [1.82, 2.24) is 9.88 Å². The Morgan fingerprint density at radius 1 is 1.39 bits per heavy atom. The molecule has 1 aliphatic heterocycles. The maximum absolute atomic E-state index is 12.8. The van der Waals surface area contributed by atoms with Crippen LogP contribution in [0.25, 0.3) is 10.9 Å². The van der Waals surface area contributed by atoms with Crippen molar-refractivity contribution in [3.63, 3.8) is 0 Å². The van der Waals surface area contributed by atoms with Gasteiger partial charge in [0.15, 0.2) is 0 Å². The van der Waals surface area contributed by atoms with E-state index >= 15 is 0 Å². The highest BCUT2D eigenvalue weighted by Crippen LogP contribution is 2.23. The van der Waals surface area contributed by atoms with Gasteiger partial charge in [-0.2, -0.15) is 0 Å². The zero-order chi connectivity index (χ0) is 16.4. The number of hydrogen-bond acceptors (Lipinski definition) is 3. The van der Waals surface area contributed by atoms with E-state index in [1.54, 1.807) is 4.90 Å². The first-order chi connectivity index (χ1) is 11.1. The molecule has 0 radical (unpaired) electrons. The Hall–Kier alpha value is -1.85. The van der Waals surface area contributed by atoms with Gasteiger partial charge in [-0.1, -0.05) is 26.0 Å². The summed E-state index contributed by atoms with van der Waals surface area (Å²) in [6.45, 7) is 5.88. The number of aromatic nitrogens is 1. The number of H-pyrrole nitrogens is 1. The number of nitrogens with zero attached hydrogens (tertiary/aromatic N) is 1. The van der Waals surface area contributed by atoms with Gasteiger partial charge in [-0.25, -0.2) is 0 Å². The molecular formula is C18H24N2O3. The number of ether oxygens (including phenoxy) is 1. The Labute approximate surface area is 136 Å². The summed E-state index contributed by atoms with van der Waals surface area (Å²) >= 11 is 0. The second kappa shape index (κ2) is 6.72. The lowest BCUT2D eigenvalue weighted by Gasteiger charge is -2.27. The van der Waals surface area contributed by atoms with Crippen molar-refractivity contribution >= 4 is 16.8 Å². The summed E-state index contributed by atoms with van der Waals surface area (Å²) < 4.78 is 5.43. The number of rotatable bonds is 3. The van der Waals surface area contributed by atoms with Gasteiger partial charge in [0.1, 0.15) is 5.69 Å². The van der Waals surface area contributed by atoms with E-state index in [-0.39, 0.29) is 18.6 Å². The van der Waals surface area contributed by atoms with E-state index in [2.05, 4.69) is 31.0 Å². The number of benzene rings is 1. The molecule has 1 fully saturated rings. The van der Waals surface area contributed by atoms with Crippen molar-refractivity contribution in [3.8, 4) is 0 Å². The van der Waals surface area contributed by atoms with Crippen LogP contribution in [-0.4, -0.2) is 53.3 Å². The van der Waals surface area contributed by atoms with Crippen LogP contribution in [0, 0.1) is 0 Å². The quantitative estimate of drug-likeness (QED) is 0.914. The molecule has 0 saturated carbocycles. The van der Waals surface area contributed by atoms with E-state index in [0.717, 1.165) is 10.9 Å². The number of carbonyl (C=O) groups is 1. The Balaban J connectivity index is 1.90. The average Bonchev–Trinajstić information content (AvgIpc) is 2.83. The Bertz CT molecular complexity index is 693. The van der Waals surface area contributed by atoms with E-state index in [1.165, 1.54) is 5.56 Å². The van der Waals surface area contributed by atoms with Crippen molar-refractivity contribution in [2.24, 2.45) is 0 Å². The molecule has 5 nitrogen and oxygen atoms in total. The largest absolute Gasteiger partial charge is 0.394 e. The number of fused-ring (bicyclic) bond motifs is 1.